The Morgan fingerprint density at radius 2 is 2.11 bits per heavy atom. The first-order valence-corrected chi connectivity index (χ1v) is 5.50. The Morgan fingerprint density at radius 3 is 2.61 bits per heavy atom. The zero-order valence-corrected chi connectivity index (χ0v) is 10.4. The highest BCUT2D eigenvalue weighted by Gasteiger charge is 2.33. The van der Waals surface area contributed by atoms with Crippen LogP contribution in [0.2, 0.25) is 0 Å². The summed E-state index contributed by atoms with van der Waals surface area (Å²) in [7, 11) is 0. The lowest BCUT2D eigenvalue weighted by atomic mass is 10.1. The molecular weight excluding hydrogens is 288 g/mol. The number of nitriles is 1. The van der Waals surface area contributed by atoms with Gasteiger partial charge in [-0.25, -0.2) is 0 Å². The van der Waals surface area contributed by atoms with E-state index in [-0.39, 0.29) is 17.3 Å². The van der Waals surface area contributed by atoms with Crippen LogP contribution in [0, 0.1) is 11.3 Å². The van der Waals surface area contributed by atoms with Crippen LogP contribution in [0.15, 0.2) is 28.8 Å². The highest BCUT2D eigenvalue weighted by atomic mass is 35.5. The summed E-state index contributed by atoms with van der Waals surface area (Å²) >= 11 is 10.9. The maximum absolute atomic E-state index is 12.6. The average molecular weight is 295 g/mol. The molecule has 18 heavy (non-hydrogen) atoms. The first-order chi connectivity index (χ1) is 8.38. The molecule has 0 aliphatic heterocycles. The largest absolute Gasteiger partial charge is 0.417 e. The Kier molecular flexibility index (Phi) is 4.88. The summed E-state index contributed by atoms with van der Waals surface area (Å²) in [4.78, 5) is 0. The Morgan fingerprint density at radius 1 is 1.44 bits per heavy atom. The average Bonchev–Trinajstić information content (AvgIpc) is 2.34. The van der Waals surface area contributed by atoms with E-state index in [0.717, 1.165) is 17.7 Å². The maximum Gasteiger partial charge on any atom is 0.417 e. The van der Waals surface area contributed by atoms with E-state index >= 15 is 0 Å². The maximum atomic E-state index is 12.6. The van der Waals surface area contributed by atoms with Gasteiger partial charge in [0.05, 0.1) is 23.7 Å². The second-order valence-electron chi connectivity index (χ2n) is 3.28. The van der Waals surface area contributed by atoms with Crippen LogP contribution in [-0.4, -0.2) is 6.54 Å². The van der Waals surface area contributed by atoms with E-state index in [0.29, 0.717) is 0 Å². The zero-order valence-electron chi connectivity index (χ0n) is 8.85. The van der Waals surface area contributed by atoms with Gasteiger partial charge in [-0.05, 0) is 18.2 Å². The summed E-state index contributed by atoms with van der Waals surface area (Å²) in [5, 5.41) is 11.5. The topological polar surface area (TPSA) is 35.8 Å². The van der Waals surface area contributed by atoms with Gasteiger partial charge < -0.3 is 5.32 Å². The summed E-state index contributed by atoms with van der Waals surface area (Å²) in [6, 6.07) is 4.83. The standard InChI is InChI=1S/C11H7Cl2F3N2/c12-4-8(13)6-18-9-2-1-7(5-17)10(3-9)11(14,15)16/h1-4,18H,6H2. The fourth-order valence-corrected chi connectivity index (χ4v) is 1.36. The molecule has 0 aliphatic carbocycles. The van der Waals surface area contributed by atoms with Gasteiger partial charge in [0.25, 0.3) is 0 Å². The number of benzene rings is 1. The van der Waals surface area contributed by atoms with Crippen molar-refractivity contribution >= 4 is 28.9 Å². The van der Waals surface area contributed by atoms with Crippen LogP contribution in [0.4, 0.5) is 18.9 Å². The molecule has 1 N–H and O–H groups in total. The van der Waals surface area contributed by atoms with Crippen LogP contribution < -0.4 is 5.32 Å². The van der Waals surface area contributed by atoms with Gasteiger partial charge in [0.1, 0.15) is 0 Å². The summed E-state index contributed by atoms with van der Waals surface area (Å²) in [6.07, 6.45) is -4.57. The third-order valence-corrected chi connectivity index (χ3v) is 2.64. The number of alkyl halides is 3. The molecule has 0 saturated heterocycles. The Labute approximate surface area is 112 Å². The third-order valence-electron chi connectivity index (χ3n) is 2.03. The number of nitrogens with one attached hydrogen (secondary N) is 1. The van der Waals surface area contributed by atoms with Gasteiger partial charge in [-0.15, -0.1) is 0 Å². The molecule has 0 aromatic heterocycles. The molecule has 1 rings (SSSR count). The van der Waals surface area contributed by atoms with Crippen LogP contribution >= 0.6 is 23.2 Å². The molecule has 0 fully saturated rings. The van der Waals surface area contributed by atoms with Gasteiger partial charge >= 0.3 is 6.18 Å². The molecule has 96 valence electrons. The van der Waals surface area contributed by atoms with E-state index < -0.39 is 17.3 Å². The van der Waals surface area contributed by atoms with E-state index in [1.165, 1.54) is 12.1 Å². The fraction of sp³-hybridized carbons (Fsp3) is 0.182. The summed E-state index contributed by atoms with van der Waals surface area (Å²) in [6.45, 7) is 0.105. The van der Waals surface area contributed by atoms with Gasteiger partial charge in [0.2, 0.25) is 0 Å². The molecule has 0 unspecified atom stereocenters. The second kappa shape index (κ2) is 5.98. The van der Waals surface area contributed by atoms with Crippen molar-refractivity contribution in [2.75, 3.05) is 11.9 Å². The number of rotatable bonds is 3. The molecular formula is C11H7Cl2F3N2. The number of hydrogen-bond acceptors (Lipinski definition) is 2. The lowest BCUT2D eigenvalue weighted by Gasteiger charge is -2.11. The van der Waals surface area contributed by atoms with Crippen molar-refractivity contribution in [1.82, 2.24) is 0 Å². The van der Waals surface area contributed by atoms with E-state index in [2.05, 4.69) is 5.32 Å². The van der Waals surface area contributed by atoms with Crippen molar-refractivity contribution in [3.8, 4) is 6.07 Å². The molecule has 0 bridgehead atoms. The zero-order chi connectivity index (χ0) is 13.8. The van der Waals surface area contributed by atoms with Gasteiger partial charge in [0, 0.05) is 16.3 Å². The number of anilines is 1. The smallest absolute Gasteiger partial charge is 0.380 e. The minimum atomic E-state index is -4.57. The molecule has 0 spiro atoms. The summed E-state index contributed by atoms with van der Waals surface area (Å²) in [5.41, 5.74) is -0.0888. The first-order valence-electron chi connectivity index (χ1n) is 4.68. The van der Waals surface area contributed by atoms with Crippen molar-refractivity contribution in [2.45, 2.75) is 6.18 Å². The van der Waals surface area contributed by atoms with Crippen molar-refractivity contribution < 1.29 is 13.2 Å². The number of hydrogen-bond donors (Lipinski definition) is 1. The van der Waals surface area contributed by atoms with Crippen LogP contribution in [0.5, 0.6) is 0 Å². The predicted molar refractivity (Wildman–Crippen MR) is 64.4 cm³/mol. The number of nitrogens with zero attached hydrogens (tertiary/aromatic N) is 1. The van der Waals surface area contributed by atoms with Crippen molar-refractivity contribution in [2.24, 2.45) is 0 Å². The Bertz CT molecular complexity index is 504. The van der Waals surface area contributed by atoms with E-state index in [1.54, 1.807) is 0 Å². The van der Waals surface area contributed by atoms with Crippen LogP contribution in [0.1, 0.15) is 11.1 Å². The normalized spacial score (nSPS) is 12.1. The van der Waals surface area contributed by atoms with Gasteiger partial charge in [-0.2, -0.15) is 18.4 Å². The van der Waals surface area contributed by atoms with Crippen molar-refractivity contribution in [1.29, 1.82) is 5.26 Å². The molecule has 1 aromatic carbocycles. The number of halogens is 5. The van der Waals surface area contributed by atoms with Crippen LogP contribution in [0.3, 0.4) is 0 Å². The SMILES string of the molecule is N#Cc1ccc(NCC(Cl)=CCl)cc1C(F)(F)F. The van der Waals surface area contributed by atoms with Crippen molar-refractivity contribution in [3.63, 3.8) is 0 Å². The van der Waals surface area contributed by atoms with Crippen LogP contribution in [0.25, 0.3) is 0 Å². The lowest BCUT2D eigenvalue weighted by molar-refractivity contribution is -0.137. The summed E-state index contributed by atoms with van der Waals surface area (Å²) in [5.74, 6) is 0. The van der Waals surface area contributed by atoms with E-state index in [4.69, 9.17) is 28.5 Å². The fourth-order valence-electron chi connectivity index (χ4n) is 1.21. The minimum Gasteiger partial charge on any atom is -0.380 e. The second-order valence-corrected chi connectivity index (χ2v) is 3.98. The van der Waals surface area contributed by atoms with Gasteiger partial charge in [-0.3, -0.25) is 0 Å². The molecule has 0 heterocycles. The highest BCUT2D eigenvalue weighted by molar-refractivity contribution is 6.36. The van der Waals surface area contributed by atoms with Gasteiger partial charge in [-0.1, -0.05) is 23.2 Å². The molecule has 0 radical (unpaired) electrons. The van der Waals surface area contributed by atoms with E-state index in [9.17, 15) is 13.2 Å². The quantitative estimate of drug-likeness (QED) is 0.902. The van der Waals surface area contributed by atoms with Crippen molar-refractivity contribution in [3.05, 3.63) is 39.9 Å². The van der Waals surface area contributed by atoms with Gasteiger partial charge in [0.15, 0.2) is 0 Å². The molecule has 0 amide bonds. The highest BCUT2D eigenvalue weighted by Crippen LogP contribution is 2.33. The Hall–Kier alpha value is -1.38. The molecule has 7 heteroatoms. The molecule has 2 nitrogen and oxygen atoms in total. The van der Waals surface area contributed by atoms with Crippen LogP contribution in [-0.2, 0) is 6.18 Å². The molecule has 0 atom stereocenters. The first kappa shape index (κ1) is 14.7. The molecule has 0 aliphatic rings. The minimum absolute atomic E-state index is 0.105. The Balaban J connectivity index is 3.01. The molecule has 0 saturated carbocycles. The summed E-state index contributed by atoms with van der Waals surface area (Å²) < 4.78 is 37.9. The monoisotopic (exact) mass is 294 g/mol. The predicted octanol–water partition coefficient (Wildman–Crippen LogP) is 4.31. The van der Waals surface area contributed by atoms with E-state index in [1.807, 2.05) is 0 Å². The lowest BCUT2D eigenvalue weighted by Crippen LogP contribution is -2.09. The molecule has 1 aromatic rings. The third kappa shape index (κ3) is 3.83.